The second kappa shape index (κ2) is 10.5. The van der Waals surface area contributed by atoms with E-state index in [2.05, 4.69) is 26.2 Å². The van der Waals surface area contributed by atoms with Gasteiger partial charge in [0.25, 0.3) is 5.56 Å². The highest BCUT2D eigenvalue weighted by molar-refractivity contribution is 5.77. The lowest BCUT2D eigenvalue weighted by Gasteiger charge is -2.35. The van der Waals surface area contributed by atoms with Gasteiger partial charge < -0.3 is 19.3 Å². The number of ether oxygens (including phenoxy) is 2. The number of hydrogen-bond acceptors (Lipinski definition) is 8. The van der Waals surface area contributed by atoms with Crippen molar-refractivity contribution in [2.24, 2.45) is 0 Å². The smallest absolute Gasteiger partial charge is 0.270 e. The summed E-state index contributed by atoms with van der Waals surface area (Å²) in [6.45, 7) is 6.70. The topological polar surface area (TPSA) is 124 Å². The van der Waals surface area contributed by atoms with Crippen LogP contribution in [0.1, 0.15) is 24.5 Å². The number of carbonyl (C=O) groups excluding carboxylic acids is 1. The molecule has 31 heavy (non-hydrogen) atoms. The first-order chi connectivity index (χ1) is 15.0. The van der Waals surface area contributed by atoms with Gasteiger partial charge in [-0.1, -0.05) is 0 Å². The van der Waals surface area contributed by atoms with Crippen molar-refractivity contribution in [3.05, 3.63) is 46.0 Å². The van der Waals surface area contributed by atoms with Gasteiger partial charge in [0, 0.05) is 32.4 Å². The number of pyridine rings is 1. The van der Waals surface area contributed by atoms with Crippen LogP contribution in [-0.2, 0) is 9.53 Å². The van der Waals surface area contributed by atoms with Gasteiger partial charge >= 0.3 is 0 Å². The van der Waals surface area contributed by atoms with Crippen molar-refractivity contribution in [3.8, 4) is 11.8 Å². The quantitative estimate of drug-likeness (QED) is 0.617. The van der Waals surface area contributed by atoms with Gasteiger partial charge in [-0.15, -0.1) is 0 Å². The molecular weight excluding hydrogens is 400 g/mol. The van der Waals surface area contributed by atoms with Gasteiger partial charge in [-0.25, -0.2) is 10.1 Å². The Morgan fingerprint density at radius 3 is 2.71 bits per heavy atom. The minimum atomic E-state index is -0.285. The van der Waals surface area contributed by atoms with E-state index in [-0.39, 0.29) is 24.2 Å². The number of anilines is 1. The first-order valence-corrected chi connectivity index (χ1v) is 10.2. The number of H-pyrrole nitrogens is 1. The van der Waals surface area contributed by atoms with E-state index >= 15 is 0 Å². The lowest BCUT2D eigenvalue weighted by molar-refractivity contribution is -0.134. The fourth-order valence-electron chi connectivity index (χ4n) is 3.25. The van der Waals surface area contributed by atoms with Crippen LogP contribution in [0.5, 0.6) is 5.75 Å². The van der Waals surface area contributed by atoms with Crippen LogP contribution >= 0.6 is 0 Å². The SMILES string of the molecule is Cc1c(OCCO[C@H](C)CC(=O)N2CCN(c3ccc(C#N)cn3)CC2)cn[nH]c1=O. The Balaban J connectivity index is 1.36. The number of nitrogens with one attached hydrogen (secondary N) is 1. The molecule has 1 aliphatic rings. The summed E-state index contributed by atoms with van der Waals surface area (Å²) in [6, 6.07) is 5.63. The van der Waals surface area contributed by atoms with Gasteiger partial charge in [0.1, 0.15) is 24.2 Å². The average Bonchev–Trinajstić information content (AvgIpc) is 2.79. The minimum absolute atomic E-state index is 0.0514. The maximum atomic E-state index is 12.6. The fourth-order valence-corrected chi connectivity index (χ4v) is 3.25. The molecule has 1 atom stereocenters. The molecule has 0 aromatic carbocycles. The molecular formula is C21H26N6O4. The Hall–Kier alpha value is -3.45. The van der Waals surface area contributed by atoms with Crippen molar-refractivity contribution in [2.75, 3.05) is 44.3 Å². The molecule has 0 unspecified atom stereocenters. The molecule has 2 aromatic heterocycles. The van der Waals surface area contributed by atoms with E-state index in [1.807, 2.05) is 17.9 Å². The molecule has 0 radical (unpaired) electrons. The molecule has 0 bridgehead atoms. The normalized spacial score (nSPS) is 14.7. The van der Waals surface area contributed by atoms with Crippen LogP contribution in [0.15, 0.2) is 29.3 Å². The molecule has 3 heterocycles. The molecule has 164 valence electrons. The summed E-state index contributed by atoms with van der Waals surface area (Å²) in [6.07, 6.45) is 3.06. The predicted molar refractivity (Wildman–Crippen MR) is 113 cm³/mol. The summed E-state index contributed by atoms with van der Waals surface area (Å²) >= 11 is 0. The molecule has 0 spiro atoms. The molecule has 10 heteroatoms. The third kappa shape index (κ3) is 6.02. The number of aromatic amines is 1. The Morgan fingerprint density at radius 1 is 1.26 bits per heavy atom. The van der Waals surface area contributed by atoms with E-state index in [4.69, 9.17) is 14.7 Å². The average molecular weight is 426 g/mol. The highest BCUT2D eigenvalue weighted by atomic mass is 16.5. The molecule has 3 rings (SSSR count). The zero-order valence-electron chi connectivity index (χ0n) is 17.7. The Morgan fingerprint density at radius 2 is 2.03 bits per heavy atom. The summed E-state index contributed by atoms with van der Waals surface area (Å²) in [4.78, 5) is 32.3. The molecule has 1 amide bonds. The highest BCUT2D eigenvalue weighted by Crippen LogP contribution is 2.15. The van der Waals surface area contributed by atoms with Crippen molar-refractivity contribution in [3.63, 3.8) is 0 Å². The third-order valence-electron chi connectivity index (χ3n) is 5.10. The molecule has 1 saturated heterocycles. The largest absolute Gasteiger partial charge is 0.489 e. The monoisotopic (exact) mass is 426 g/mol. The zero-order chi connectivity index (χ0) is 22.2. The van der Waals surface area contributed by atoms with Crippen molar-refractivity contribution < 1.29 is 14.3 Å². The van der Waals surface area contributed by atoms with E-state index in [1.54, 1.807) is 19.2 Å². The standard InChI is InChI=1S/C21H26N6O4/c1-15(30-9-10-31-18-14-24-25-21(29)16(18)2)11-20(28)27-7-5-26(6-8-27)19-4-3-17(12-22)13-23-19/h3-4,13-15H,5-11H2,1-2H3,(H,25,29)/t15-/m1/s1. The van der Waals surface area contributed by atoms with E-state index in [0.717, 1.165) is 5.82 Å². The second-order valence-electron chi connectivity index (χ2n) is 7.31. The van der Waals surface area contributed by atoms with Crippen LogP contribution in [0.4, 0.5) is 5.82 Å². The summed E-state index contributed by atoms with van der Waals surface area (Å²) in [5.74, 6) is 1.29. The number of piperazine rings is 1. The summed E-state index contributed by atoms with van der Waals surface area (Å²) in [7, 11) is 0. The summed E-state index contributed by atoms with van der Waals surface area (Å²) < 4.78 is 11.2. The fraction of sp³-hybridized carbons (Fsp3) is 0.476. The Bertz CT molecular complexity index is 977. The minimum Gasteiger partial charge on any atom is -0.489 e. The van der Waals surface area contributed by atoms with Crippen molar-refractivity contribution in [1.82, 2.24) is 20.1 Å². The molecule has 1 N–H and O–H groups in total. The van der Waals surface area contributed by atoms with Gasteiger partial charge in [-0.3, -0.25) is 9.59 Å². The van der Waals surface area contributed by atoms with E-state index < -0.39 is 0 Å². The van der Waals surface area contributed by atoms with Gasteiger partial charge in [-0.05, 0) is 26.0 Å². The number of nitriles is 1. The van der Waals surface area contributed by atoms with E-state index in [9.17, 15) is 9.59 Å². The van der Waals surface area contributed by atoms with Crippen LogP contribution in [0.3, 0.4) is 0 Å². The molecule has 1 aliphatic heterocycles. The maximum absolute atomic E-state index is 12.6. The van der Waals surface area contributed by atoms with Crippen molar-refractivity contribution in [2.45, 2.75) is 26.4 Å². The van der Waals surface area contributed by atoms with Crippen molar-refractivity contribution in [1.29, 1.82) is 5.26 Å². The number of amides is 1. The number of nitrogens with zero attached hydrogens (tertiary/aromatic N) is 5. The lowest BCUT2D eigenvalue weighted by atomic mass is 10.2. The first-order valence-electron chi connectivity index (χ1n) is 10.2. The summed E-state index contributed by atoms with van der Waals surface area (Å²) in [5, 5.41) is 14.9. The molecule has 0 aliphatic carbocycles. The number of aromatic nitrogens is 3. The van der Waals surface area contributed by atoms with Crippen molar-refractivity contribution >= 4 is 11.7 Å². The van der Waals surface area contributed by atoms with Gasteiger partial charge in [0.05, 0.1) is 36.5 Å². The number of rotatable bonds is 8. The van der Waals surface area contributed by atoms with E-state index in [1.165, 1.54) is 6.20 Å². The van der Waals surface area contributed by atoms with Gasteiger partial charge in [-0.2, -0.15) is 10.4 Å². The predicted octanol–water partition coefficient (Wildman–Crippen LogP) is 0.868. The third-order valence-corrected chi connectivity index (χ3v) is 5.10. The molecule has 1 fully saturated rings. The second-order valence-corrected chi connectivity index (χ2v) is 7.31. The van der Waals surface area contributed by atoms with Crippen LogP contribution in [0.2, 0.25) is 0 Å². The highest BCUT2D eigenvalue weighted by Gasteiger charge is 2.23. The lowest BCUT2D eigenvalue weighted by Crippen LogP contribution is -2.49. The maximum Gasteiger partial charge on any atom is 0.270 e. The Labute approximate surface area is 180 Å². The van der Waals surface area contributed by atoms with Crippen LogP contribution in [-0.4, -0.2) is 71.5 Å². The zero-order valence-corrected chi connectivity index (χ0v) is 17.7. The van der Waals surface area contributed by atoms with Crippen LogP contribution in [0.25, 0.3) is 0 Å². The number of hydrogen-bond donors (Lipinski definition) is 1. The van der Waals surface area contributed by atoms with Crippen LogP contribution in [0, 0.1) is 18.3 Å². The molecule has 0 saturated carbocycles. The van der Waals surface area contributed by atoms with Gasteiger partial charge in [0.15, 0.2) is 0 Å². The first kappa shape index (κ1) is 22.2. The Kier molecular flexibility index (Phi) is 7.56. The number of carbonyl (C=O) groups is 1. The molecule has 10 nitrogen and oxygen atoms in total. The van der Waals surface area contributed by atoms with Crippen LogP contribution < -0.4 is 15.2 Å². The van der Waals surface area contributed by atoms with Gasteiger partial charge in [0.2, 0.25) is 5.91 Å². The molecule has 2 aromatic rings. The summed E-state index contributed by atoms with van der Waals surface area (Å²) in [5.41, 5.74) is 0.710. The van der Waals surface area contributed by atoms with E-state index in [0.29, 0.717) is 56.1 Å².